The molecule has 1 aliphatic carbocycles. The Labute approximate surface area is 173 Å². The first-order valence-corrected chi connectivity index (χ1v) is 10.4. The molecular weight excluding hydrogens is 362 g/mol. The van der Waals surface area contributed by atoms with Crippen LogP contribution in [0.1, 0.15) is 54.1 Å². The third-order valence-corrected chi connectivity index (χ3v) is 5.44. The molecule has 154 valence electrons. The standard InChI is InChI=1S/C24H31N3O2/c1-17(2)19-7-5-18(6-8-19)15-27(22-13-14-22)16-23(28)25-21-11-9-20(10-12-21)24(29)26(3)4/h5-12,17,22H,13-16H2,1-4H3,(H,25,28)/p+1. The Bertz CT molecular complexity index is 837. The number of quaternary nitrogens is 1. The van der Waals surface area contributed by atoms with Gasteiger partial charge in [-0.05, 0) is 35.7 Å². The molecule has 1 atom stereocenters. The van der Waals surface area contributed by atoms with E-state index < -0.39 is 0 Å². The quantitative estimate of drug-likeness (QED) is 0.723. The molecule has 5 heteroatoms. The average molecular weight is 395 g/mol. The SMILES string of the molecule is CC(C)c1ccc(C[NH+](CC(=O)Nc2ccc(C(=O)N(C)C)cc2)C2CC2)cc1. The number of carbonyl (C=O) groups excluding carboxylic acids is 2. The predicted molar refractivity (Wildman–Crippen MR) is 116 cm³/mol. The van der Waals surface area contributed by atoms with Crippen molar-refractivity contribution in [3.05, 3.63) is 65.2 Å². The van der Waals surface area contributed by atoms with Crippen LogP contribution >= 0.6 is 0 Å². The summed E-state index contributed by atoms with van der Waals surface area (Å²) in [6.45, 7) is 5.72. The molecule has 1 aliphatic rings. The first-order chi connectivity index (χ1) is 13.8. The Balaban J connectivity index is 1.58. The summed E-state index contributed by atoms with van der Waals surface area (Å²) in [5.74, 6) is 0.495. The van der Waals surface area contributed by atoms with Crippen LogP contribution < -0.4 is 10.2 Å². The number of carbonyl (C=O) groups is 2. The molecule has 0 saturated heterocycles. The van der Waals surface area contributed by atoms with Crippen molar-refractivity contribution in [3.8, 4) is 0 Å². The molecule has 5 nitrogen and oxygen atoms in total. The number of rotatable bonds is 8. The second-order valence-corrected chi connectivity index (χ2v) is 8.51. The number of nitrogens with zero attached hydrogens (tertiary/aromatic N) is 1. The van der Waals surface area contributed by atoms with E-state index in [-0.39, 0.29) is 11.8 Å². The molecule has 1 unspecified atom stereocenters. The highest BCUT2D eigenvalue weighted by Crippen LogP contribution is 2.17. The fraction of sp³-hybridized carbons (Fsp3) is 0.417. The van der Waals surface area contributed by atoms with Gasteiger partial charge < -0.3 is 15.1 Å². The lowest BCUT2D eigenvalue weighted by molar-refractivity contribution is -0.916. The first kappa shape index (κ1) is 21.1. The summed E-state index contributed by atoms with van der Waals surface area (Å²) < 4.78 is 0. The van der Waals surface area contributed by atoms with E-state index in [9.17, 15) is 9.59 Å². The van der Waals surface area contributed by atoms with Gasteiger partial charge in [-0.1, -0.05) is 38.1 Å². The van der Waals surface area contributed by atoms with Crippen molar-refractivity contribution in [1.82, 2.24) is 4.90 Å². The fourth-order valence-electron chi connectivity index (χ4n) is 3.49. The summed E-state index contributed by atoms with van der Waals surface area (Å²) >= 11 is 0. The molecule has 0 heterocycles. The molecule has 1 saturated carbocycles. The van der Waals surface area contributed by atoms with Crippen LogP contribution in [0, 0.1) is 0 Å². The van der Waals surface area contributed by atoms with Crippen molar-refractivity contribution in [1.29, 1.82) is 0 Å². The van der Waals surface area contributed by atoms with Gasteiger partial charge in [0.25, 0.3) is 11.8 Å². The summed E-state index contributed by atoms with van der Waals surface area (Å²) in [5, 5.41) is 2.98. The summed E-state index contributed by atoms with van der Waals surface area (Å²) in [4.78, 5) is 27.4. The maximum atomic E-state index is 12.6. The smallest absolute Gasteiger partial charge is 0.279 e. The molecule has 0 bridgehead atoms. The van der Waals surface area contributed by atoms with Crippen LogP contribution in [0.2, 0.25) is 0 Å². The van der Waals surface area contributed by atoms with Crippen molar-refractivity contribution >= 4 is 17.5 Å². The topological polar surface area (TPSA) is 53.9 Å². The maximum absolute atomic E-state index is 12.6. The minimum absolute atomic E-state index is 0.0115. The number of hydrogen-bond acceptors (Lipinski definition) is 2. The van der Waals surface area contributed by atoms with Crippen molar-refractivity contribution < 1.29 is 14.5 Å². The molecule has 0 aromatic heterocycles. The van der Waals surface area contributed by atoms with E-state index in [0.29, 0.717) is 24.1 Å². The van der Waals surface area contributed by atoms with Gasteiger partial charge in [-0.15, -0.1) is 0 Å². The van der Waals surface area contributed by atoms with E-state index in [1.165, 1.54) is 33.8 Å². The Kier molecular flexibility index (Phi) is 6.70. The maximum Gasteiger partial charge on any atom is 0.279 e. The van der Waals surface area contributed by atoms with Crippen molar-refractivity contribution in [2.75, 3.05) is 26.0 Å². The molecule has 0 aliphatic heterocycles. The summed E-state index contributed by atoms with van der Waals surface area (Å²) in [5.41, 5.74) is 3.95. The highest BCUT2D eigenvalue weighted by atomic mass is 16.2. The van der Waals surface area contributed by atoms with Crippen LogP contribution in [-0.4, -0.2) is 43.4 Å². The van der Waals surface area contributed by atoms with Crippen LogP contribution in [-0.2, 0) is 11.3 Å². The van der Waals surface area contributed by atoms with Crippen LogP contribution in [0.5, 0.6) is 0 Å². The van der Waals surface area contributed by atoms with Gasteiger partial charge in [0, 0.05) is 43.8 Å². The second kappa shape index (κ2) is 9.23. The van der Waals surface area contributed by atoms with Gasteiger partial charge in [0.1, 0.15) is 6.54 Å². The number of hydrogen-bond donors (Lipinski definition) is 2. The number of anilines is 1. The highest BCUT2D eigenvalue weighted by Gasteiger charge is 2.34. The van der Waals surface area contributed by atoms with E-state index in [4.69, 9.17) is 0 Å². The third-order valence-electron chi connectivity index (χ3n) is 5.44. The molecule has 1 fully saturated rings. The normalized spacial score (nSPS) is 14.5. The Hall–Kier alpha value is -2.66. The van der Waals surface area contributed by atoms with Gasteiger partial charge in [-0.2, -0.15) is 0 Å². The van der Waals surface area contributed by atoms with Crippen LogP contribution in [0.15, 0.2) is 48.5 Å². The van der Waals surface area contributed by atoms with Crippen molar-refractivity contribution in [3.63, 3.8) is 0 Å². The average Bonchev–Trinajstić information content (AvgIpc) is 3.53. The second-order valence-electron chi connectivity index (χ2n) is 8.51. The van der Waals surface area contributed by atoms with E-state index in [2.05, 4.69) is 43.4 Å². The number of benzene rings is 2. The van der Waals surface area contributed by atoms with Gasteiger partial charge in [0.2, 0.25) is 0 Å². The summed E-state index contributed by atoms with van der Waals surface area (Å²) in [6.07, 6.45) is 2.38. The number of amides is 2. The van der Waals surface area contributed by atoms with E-state index >= 15 is 0 Å². The monoisotopic (exact) mass is 394 g/mol. The van der Waals surface area contributed by atoms with Gasteiger partial charge in [-0.3, -0.25) is 9.59 Å². The fourth-order valence-corrected chi connectivity index (χ4v) is 3.49. The largest absolute Gasteiger partial charge is 0.345 e. The molecule has 2 N–H and O–H groups in total. The van der Waals surface area contributed by atoms with Crippen molar-refractivity contribution in [2.24, 2.45) is 0 Å². The Morgan fingerprint density at radius 3 is 2.17 bits per heavy atom. The van der Waals surface area contributed by atoms with E-state index in [1.54, 1.807) is 38.4 Å². The summed E-state index contributed by atoms with van der Waals surface area (Å²) in [7, 11) is 3.45. The first-order valence-electron chi connectivity index (χ1n) is 10.4. The Morgan fingerprint density at radius 2 is 1.66 bits per heavy atom. The molecule has 29 heavy (non-hydrogen) atoms. The molecule has 0 spiro atoms. The van der Waals surface area contributed by atoms with Crippen LogP contribution in [0.25, 0.3) is 0 Å². The predicted octanol–water partition coefficient (Wildman–Crippen LogP) is 2.70. The number of nitrogens with one attached hydrogen (secondary N) is 2. The van der Waals surface area contributed by atoms with Gasteiger partial charge >= 0.3 is 0 Å². The van der Waals surface area contributed by atoms with Gasteiger partial charge in [-0.25, -0.2) is 0 Å². The zero-order valence-electron chi connectivity index (χ0n) is 17.9. The Morgan fingerprint density at radius 1 is 1.03 bits per heavy atom. The van der Waals surface area contributed by atoms with E-state index in [1.807, 2.05) is 0 Å². The van der Waals surface area contributed by atoms with Crippen LogP contribution in [0.3, 0.4) is 0 Å². The lowest BCUT2D eigenvalue weighted by atomic mass is 10.0. The van der Waals surface area contributed by atoms with Gasteiger partial charge in [0.15, 0.2) is 6.54 Å². The molecule has 2 aromatic carbocycles. The third kappa shape index (κ3) is 5.91. The molecular formula is C24H32N3O2+. The van der Waals surface area contributed by atoms with E-state index in [0.717, 1.165) is 12.2 Å². The summed E-state index contributed by atoms with van der Waals surface area (Å²) in [6, 6.07) is 16.4. The minimum Gasteiger partial charge on any atom is -0.345 e. The van der Waals surface area contributed by atoms with Gasteiger partial charge in [0.05, 0.1) is 6.04 Å². The molecule has 2 aromatic rings. The lowest BCUT2D eigenvalue weighted by Gasteiger charge is -2.19. The zero-order chi connectivity index (χ0) is 21.0. The molecule has 3 rings (SSSR count). The molecule has 0 radical (unpaired) electrons. The minimum atomic E-state index is -0.0456. The zero-order valence-corrected chi connectivity index (χ0v) is 17.9. The molecule has 2 amide bonds. The lowest BCUT2D eigenvalue weighted by Crippen LogP contribution is -3.13. The van der Waals surface area contributed by atoms with Crippen LogP contribution in [0.4, 0.5) is 5.69 Å². The van der Waals surface area contributed by atoms with Crippen molar-refractivity contribution in [2.45, 2.75) is 45.2 Å². The highest BCUT2D eigenvalue weighted by molar-refractivity contribution is 5.95.